The van der Waals surface area contributed by atoms with E-state index in [2.05, 4.69) is 91.2 Å². The highest BCUT2D eigenvalue weighted by atomic mass is 14.9. The molecule has 6 bridgehead atoms. The van der Waals surface area contributed by atoms with E-state index in [1.165, 1.54) is 123 Å². The van der Waals surface area contributed by atoms with Gasteiger partial charge in [-0.05, 0) is 149 Å². The summed E-state index contributed by atoms with van der Waals surface area (Å²) in [6.45, 7) is 5.10. The van der Waals surface area contributed by atoms with Gasteiger partial charge in [0.2, 0.25) is 0 Å². The van der Waals surface area contributed by atoms with E-state index in [1.807, 2.05) is 0 Å². The van der Waals surface area contributed by atoms with E-state index in [0.29, 0.717) is 22.7 Å². The van der Waals surface area contributed by atoms with E-state index in [1.54, 1.807) is 16.7 Å². The summed E-state index contributed by atoms with van der Waals surface area (Å²) in [6, 6.07) is 26.1. The molecule has 7 aromatic rings. The topological polar surface area (TPSA) is 17.3 Å². The van der Waals surface area contributed by atoms with Crippen molar-refractivity contribution in [1.82, 2.24) is 9.38 Å². The van der Waals surface area contributed by atoms with Crippen LogP contribution in [-0.4, -0.2) is 9.38 Å². The van der Waals surface area contributed by atoms with Gasteiger partial charge in [0.25, 0.3) is 0 Å². The zero-order chi connectivity index (χ0) is 30.1. The van der Waals surface area contributed by atoms with E-state index >= 15 is 0 Å². The van der Waals surface area contributed by atoms with Crippen LogP contribution in [-0.2, 0) is 10.8 Å². The van der Waals surface area contributed by atoms with Crippen LogP contribution in [0.2, 0.25) is 0 Å². The van der Waals surface area contributed by atoms with Crippen molar-refractivity contribution in [1.29, 1.82) is 0 Å². The van der Waals surface area contributed by atoms with Gasteiger partial charge < -0.3 is 4.40 Å². The second-order valence-electron chi connectivity index (χ2n) is 16.9. The van der Waals surface area contributed by atoms with Gasteiger partial charge in [0.1, 0.15) is 0 Å². The lowest BCUT2D eigenvalue weighted by Crippen LogP contribution is -2.44. The van der Waals surface area contributed by atoms with E-state index in [4.69, 9.17) is 4.98 Å². The number of fused-ring (bicyclic) bond motifs is 10. The summed E-state index contributed by atoms with van der Waals surface area (Å²) in [5.41, 5.74) is 13.7. The molecular formula is C44H40N2. The van der Waals surface area contributed by atoms with Crippen LogP contribution in [0.15, 0.2) is 72.9 Å². The Morgan fingerprint density at radius 2 is 1.35 bits per heavy atom. The van der Waals surface area contributed by atoms with Crippen molar-refractivity contribution >= 4 is 48.9 Å². The number of nitrogens with zero attached hydrogens (tertiary/aromatic N) is 2. The summed E-state index contributed by atoms with van der Waals surface area (Å²) in [5, 5.41) is 8.69. The smallest absolute Gasteiger partial charge is 0.0728 e. The predicted molar refractivity (Wildman–Crippen MR) is 191 cm³/mol. The first-order valence-corrected chi connectivity index (χ1v) is 18.1. The second kappa shape index (κ2) is 8.14. The zero-order valence-corrected chi connectivity index (χ0v) is 27.0. The number of hydrogen-bond acceptors (Lipinski definition) is 1. The number of aromatic nitrogens is 2. The third kappa shape index (κ3) is 2.95. The summed E-state index contributed by atoms with van der Waals surface area (Å²) in [5.74, 6) is 3.09. The van der Waals surface area contributed by atoms with Crippen molar-refractivity contribution in [3.8, 4) is 11.1 Å². The summed E-state index contributed by atoms with van der Waals surface area (Å²) in [6.07, 6.45) is 14.5. The van der Waals surface area contributed by atoms with Crippen LogP contribution in [0.3, 0.4) is 0 Å². The molecule has 2 unspecified atom stereocenters. The predicted octanol–water partition coefficient (Wildman–Crippen LogP) is 11.5. The molecule has 46 heavy (non-hydrogen) atoms. The standard InChI is InChI=1S/C44H40N2/c1-43-10-12-44(2,13-11-43)35-22-36-32(21-34(35)43)39-31-9-8-27(26-6-4-3-5-7-26)19-28(31)20-33-40-37(46(36)42(33)39)23-45-41-30-17-24-14-25(18-30)16-29(15-24)38(40)41/h3-9,19-25,29-30H,10-18H2,1-2H3. The van der Waals surface area contributed by atoms with Gasteiger partial charge in [-0.15, -0.1) is 0 Å². The number of hydrogen-bond donors (Lipinski definition) is 0. The third-order valence-corrected chi connectivity index (χ3v) is 14.4. The van der Waals surface area contributed by atoms with Gasteiger partial charge >= 0.3 is 0 Å². The van der Waals surface area contributed by atoms with Crippen LogP contribution >= 0.6 is 0 Å². The maximum Gasteiger partial charge on any atom is 0.0728 e. The Bertz CT molecular complexity index is 2440. The van der Waals surface area contributed by atoms with Gasteiger partial charge in [0, 0.05) is 33.2 Å². The normalized spacial score (nSPS) is 31.1. The fourth-order valence-corrected chi connectivity index (χ4v) is 12.2. The highest BCUT2D eigenvalue weighted by Gasteiger charge is 2.48. The average Bonchev–Trinajstić information content (AvgIpc) is 3.52. The van der Waals surface area contributed by atoms with Crippen molar-refractivity contribution in [2.75, 3.05) is 0 Å². The molecule has 7 aliphatic carbocycles. The number of pyridine rings is 1. The highest BCUT2D eigenvalue weighted by molar-refractivity contribution is 6.32. The van der Waals surface area contributed by atoms with Gasteiger partial charge in [0.05, 0.1) is 22.7 Å². The van der Waals surface area contributed by atoms with E-state index in [-0.39, 0.29) is 0 Å². The Hall–Kier alpha value is -3.91. The van der Waals surface area contributed by atoms with E-state index in [0.717, 1.165) is 11.8 Å². The minimum absolute atomic E-state index is 0.291. The van der Waals surface area contributed by atoms with Crippen molar-refractivity contribution < 1.29 is 0 Å². The van der Waals surface area contributed by atoms with Crippen LogP contribution in [0.5, 0.6) is 0 Å². The molecule has 0 spiro atoms. The summed E-state index contributed by atoms with van der Waals surface area (Å²) in [7, 11) is 0. The van der Waals surface area contributed by atoms with Crippen molar-refractivity contribution in [2.45, 2.75) is 94.3 Å². The Morgan fingerprint density at radius 3 is 2.11 bits per heavy atom. The molecular weight excluding hydrogens is 556 g/mol. The quantitative estimate of drug-likeness (QED) is 0.184. The van der Waals surface area contributed by atoms with Gasteiger partial charge in [-0.1, -0.05) is 56.3 Å². The van der Waals surface area contributed by atoms with Crippen LogP contribution in [0.1, 0.15) is 106 Å². The molecule has 3 saturated carbocycles. The molecule has 0 aliphatic heterocycles. The molecule has 0 saturated heterocycles. The van der Waals surface area contributed by atoms with Crippen molar-refractivity contribution in [3.05, 3.63) is 95.3 Å². The van der Waals surface area contributed by atoms with Crippen LogP contribution < -0.4 is 0 Å². The fourth-order valence-electron chi connectivity index (χ4n) is 12.2. The van der Waals surface area contributed by atoms with Crippen LogP contribution in [0.4, 0.5) is 0 Å². The SMILES string of the molecule is CC12CCC(C)(CC1)c1cc3c(cc12)c1c2ccc(-c4ccccc4)cc2cc2c4c5c(ncc4n3c21)C1CC2CC(C1)CC5C2. The molecule has 4 aromatic carbocycles. The molecule has 0 amide bonds. The van der Waals surface area contributed by atoms with Gasteiger partial charge in [0.15, 0.2) is 0 Å². The van der Waals surface area contributed by atoms with Crippen molar-refractivity contribution in [3.63, 3.8) is 0 Å². The molecule has 3 fully saturated rings. The molecule has 226 valence electrons. The molecule has 2 heteroatoms. The van der Waals surface area contributed by atoms with E-state index < -0.39 is 0 Å². The van der Waals surface area contributed by atoms with Crippen LogP contribution in [0, 0.1) is 11.8 Å². The minimum Gasteiger partial charge on any atom is -0.306 e. The molecule has 2 atom stereocenters. The second-order valence-corrected chi connectivity index (χ2v) is 16.9. The minimum atomic E-state index is 0.291. The molecule has 7 aliphatic rings. The highest BCUT2D eigenvalue weighted by Crippen LogP contribution is 2.60. The number of rotatable bonds is 1. The Labute approximate surface area is 270 Å². The molecule has 3 aromatic heterocycles. The third-order valence-electron chi connectivity index (χ3n) is 14.4. The summed E-state index contributed by atoms with van der Waals surface area (Å²) >= 11 is 0. The first-order chi connectivity index (χ1) is 22.5. The lowest BCUT2D eigenvalue weighted by atomic mass is 9.52. The first-order valence-electron chi connectivity index (χ1n) is 18.1. The Balaban J connectivity index is 1.27. The lowest BCUT2D eigenvalue weighted by Gasteiger charge is -2.52. The summed E-state index contributed by atoms with van der Waals surface area (Å²) < 4.78 is 2.68. The fraction of sp³-hybridized carbons (Fsp3) is 0.386. The monoisotopic (exact) mass is 596 g/mol. The van der Waals surface area contributed by atoms with E-state index in [9.17, 15) is 0 Å². The molecule has 3 heterocycles. The maximum absolute atomic E-state index is 5.46. The molecule has 0 N–H and O–H groups in total. The van der Waals surface area contributed by atoms with Gasteiger partial charge in [-0.3, -0.25) is 4.98 Å². The van der Waals surface area contributed by atoms with Gasteiger partial charge in [-0.2, -0.15) is 0 Å². The summed E-state index contributed by atoms with van der Waals surface area (Å²) in [4.78, 5) is 5.46. The average molecular weight is 597 g/mol. The van der Waals surface area contributed by atoms with Crippen molar-refractivity contribution in [2.24, 2.45) is 11.8 Å². The van der Waals surface area contributed by atoms with Gasteiger partial charge in [-0.25, -0.2) is 0 Å². The molecule has 2 nitrogen and oxygen atoms in total. The largest absolute Gasteiger partial charge is 0.306 e. The molecule has 0 radical (unpaired) electrons. The van der Waals surface area contributed by atoms with Crippen LogP contribution in [0.25, 0.3) is 60.0 Å². The first kappa shape index (κ1) is 25.2. The Kier molecular flexibility index (Phi) is 4.46. The Morgan fingerprint density at radius 1 is 0.630 bits per heavy atom. The number of benzene rings is 4. The molecule has 14 rings (SSSR count). The lowest BCUT2D eigenvalue weighted by molar-refractivity contribution is 0.165. The maximum atomic E-state index is 5.46. The zero-order valence-electron chi connectivity index (χ0n) is 27.0.